The first kappa shape index (κ1) is 24.1. The smallest absolute Gasteiger partial charge is 0.263 e. The fourth-order valence-electron chi connectivity index (χ4n) is 3.40. The van der Waals surface area contributed by atoms with E-state index in [-0.39, 0.29) is 22.4 Å². The summed E-state index contributed by atoms with van der Waals surface area (Å²) < 4.78 is 16.8. The second-order valence-electron chi connectivity index (χ2n) is 7.46. The highest BCUT2D eigenvalue weighted by Crippen LogP contribution is 2.34. The molecular formula is C23H18ClN5O5S2. The fraction of sp³-hybridized carbons (Fsp3) is 0.174. The van der Waals surface area contributed by atoms with Crippen LogP contribution in [0.1, 0.15) is 16.1 Å². The predicted octanol–water partition coefficient (Wildman–Crippen LogP) is 4.91. The maximum atomic E-state index is 13.0. The third-order valence-corrected chi connectivity index (χ3v) is 7.30. The van der Waals surface area contributed by atoms with E-state index in [2.05, 4.69) is 26.0 Å². The topological polar surface area (TPSA) is 128 Å². The van der Waals surface area contributed by atoms with Crippen molar-refractivity contribution in [3.05, 3.63) is 58.8 Å². The van der Waals surface area contributed by atoms with Crippen LogP contribution in [0.3, 0.4) is 0 Å². The van der Waals surface area contributed by atoms with Gasteiger partial charge in [0.15, 0.2) is 15.8 Å². The molecule has 13 heteroatoms. The second kappa shape index (κ2) is 10.6. The van der Waals surface area contributed by atoms with Crippen molar-refractivity contribution in [2.75, 3.05) is 29.6 Å². The number of rotatable bonds is 7. The summed E-state index contributed by atoms with van der Waals surface area (Å²) in [5.74, 6) is 1.03. The number of halogens is 1. The van der Waals surface area contributed by atoms with Crippen LogP contribution in [0.5, 0.6) is 11.5 Å². The molecule has 0 spiro atoms. The minimum absolute atomic E-state index is 0.110. The van der Waals surface area contributed by atoms with E-state index in [0.29, 0.717) is 56.8 Å². The van der Waals surface area contributed by atoms with Crippen molar-refractivity contribution in [3.8, 4) is 22.8 Å². The monoisotopic (exact) mass is 543 g/mol. The minimum Gasteiger partial charge on any atom is -0.486 e. The summed E-state index contributed by atoms with van der Waals surface area (Å²) in [5, 5.41) is 18.3. The molecule has 184 valence electrons. The van der Waals surface area contributed by atoms with Crippen LogP contribution in [0.25, 0.3) is 11.3 Å². The first-order chi connectivity index (χ1) is 17.5. The first-order valence-corrected chi connectivity index (χ1v) is 12.8. The molecule has 2 amide bonds. The molecule has 0 bridgehead atoms. The molecule has 0 fully saturated rings. The Morgan fingerprint density at radius 3 is 2.72 bits per heavy atom. The third-order valence-electron chi connectivity index (χ3n) is 5.00. The lowest BCUT2D eigenvalue weighted by Gasteiger charge is -2.18. The number of thioether (sulfide) groups is 1. The van der Waals surface area contributed by atoms with Gasteiger partial charge in [0.25, 0.3) is 5.91 Å². The number of aromatic nitrogens is 3. The zero-order valence-electron chi connectivity index (χ0n) is 18.7. The van der Waals surface area contributed by atoms with Crippen LogP contribution in [0, 0.1) is 6.92 Å². The summed E-state index contributed by atoms with van der Waals surface area (Å²) >= 11 is 8.63. The van der Waals surface area contributed by atoms with E-state index in [1.165, 1.54) is 11.8 Å². The second-order valence-corrected chi connectivity index (χ2v) is 10.1. The lowest BCUT2D eigenvalue weighted by molar-refractivity contribution is -0.113. The maximum Gasteiger partial charge on any atom is 0.263 e. The van der Waals surface area contributed by atoms with Gasteiger partial charge in [0.05, 0.1) is 10.8 Å². The molecule has 0 saturated carbocycles. The molecule has 5 rings (SSSR count). The quantitative estimate of drug-likeness (QED) is 0.247. The van der Waals surface area contributed by atoms with Gasteiger partial charge in [-0.15, -0.1) is 10.2 Å². The van der Waals surface area contributed by atoms with Crippen LogP contribution in [0.15, 0.2) is 51.3 Å². The number of ether oxygens (including phenoxy) is 2. The van der Waals surface area contributed by atoms with Gasteiger partial charge in [0, 0.05) is 17.3 Å². The summed E-state index contributed by atoms with van der Waals surface area (Å²) in [5.41, 5.74) is 1.78. The molecule has 1 aliphatic heterocycles. The van der Waals surface area contributed by atoms with Crippen LogP contribution >= 0.6 is 34.7 Å². The number of hydrogen-bond acceptors (Lipinski definition) is 10. The number of carbonyl (C=O) groups excluding carboxylic acids is 2. The van der Waals surface area contributed by atoms with Gasteiger partial charge in [-0.3, -0.25) is 14.9 Å². The first-order valence-electron chi connectivity index (χ1n) is 10.7. The summed E-state index contributed by atoms with van der Waals surface area (Å²) in [6.45, 7) is 2.61. The summed E-state index contributed by atoms with van der Waals surface area (Å²) in [6.07, 6.45) is 0. The van der Waals surface area contributed by atoms with Gasteiger partial charge in [0.2, 0.25) is 11.0 Å². The molecule has 2 N–H and O–H groups in total. The van der Waals surface area contributed by atoms with Crippen molar-refractivity contribution in [2.45, 2.75) is 11.3 Å². The molecule has 0 aliphatic carbocycles. The van der Waals surface area contributed by atoms with Crippen molar-refractivity contribution < 1.29 is 23.6 Å². The Labute approximate surface area is 218 Å². The molecule has 0 radical (unpaired) electrons. The number of nitrogens with zero attached hydrogens (tertiary/aromatic N) is 3. The summed E-state index contributed by atoms with van der Waals surface area (Å²) in [4.78, 5) is 25.4. The van der Waals surface area contributed by atoms with Crippen LogP contribution in [0.2, 0.25) is 5.02 Å². The Bertz CT molecular complexity index is 1440. The molecule has 1 aliphatic rings. The van der Waals surface area contributed by atoms with Crippen molar-refractivity contribution in [2.24, 2.45) is 0 Å². The molecule has 0 unspecified atom stereocenters. The molecule has 3 heterocycles. The van der Waals surface area contributed by atoms with Crippen molar-refractivity contribution in [3.63, 3.8) is 0 Å². The van der Waals surface area contributed by atoms with Gasteiger partial charge in [-0.1, -0.05) is 58.1 Å². The van der Waals surface area contributed by atoms with Crippen LogP contribution in [-0.4, -0.2) is 46.1 Å². The maximum absolute atomic E-state index is 13.0. The van der Waals surface area contributed by atoms with E-state index in [4.69, 9.17) is 25.6 Å². The Morgan fingerprint density at radius 1 is 1.08 bits per heavy atom. The van der Waals surface area contributed by atoms with Crippen LogP contribution in [-0.2, 0) is 4.79 Å². The lowest BCUT2D eigenvalue weighted by Crippen LogP contribution is -2.17. The molecule has 10 nitrogen and oxygen atoms in total. The number of amides is 2. The minimum atomic E-state index is -0.451. The summed E-state index contributed by atoms with van der Waals surface area (Å²) in [6, 6.07) is 12.3. The molecule has 2 aromatic carbocycles. The number of benzene rings is 2. The predicted molar refractivity (Wildman–Crippen MR) is 136 cm³/mol. The molecule has 2 aromatic heterocycles. The highest BCUT2D eigenvalue weighted by Gasteiger charge is 2.24. The van der Waals surface area contributed by atoms with E-state index < -0.39 is 5.91 Å². The van der Waals surface area contributed by atoms with E-state index in [1.807, 2.05) is 0 Å². The van der Waals surface area contributed by atoms with Crippen molar-refractivity contribution in [1.29, 1.82) is 0 Å². The van der Waals surface area contributed by atoms with E-state index in [9.17, 15) is 9.59 Å². The molecule has 0 saturated heterocycles. The van der Waals surface area contributed by atoms with Gasteiger partial charge < -0.3 is 19.3 Å². The van der Waals surface area contributed by atoms with E-state index in [1.54, 1.807) is 49.4 Å². The number of fused-ring (bicyclic) bond motifs is 1. The highest BCUT2D eigenvalue weighted by atomic mass is 35.5. The number of anilines is 2. The fourth-order valence-corrected chi connectivity index (χ4v) is 5.17. The van der Waals surface area contributed by atoms with Crippen molar-refractivity contribution >= 4 is 57.3 Å². The Kier molecular flexibility index (Phi) is 7.07. The van der Waals surface area contributed by atoms with Gasteiger partial charge >= 0.3 is 0 Å². The van der Waals surface area contributed by atoms with E-state index in [0.717, 1.165) is 11.3 Å². The normalized spacial score (nSPS) is 12.3. The van der Waals surface area contributed by atoms with Gasteiger partial charge in [-0.25, -0.2) is 0 Å². The molecule has 4 aromatic rings. The van der Waals surface area contributed by atoms with Crippen LogP contribution in [0.4, 0.5) is 10.8 Å². The Hall–Kier alpha value is -3.61. The van der Waals surface area contributed by atoms with Crippen LogP contribution < -0.4 is 20.1 Å². The zero-order chi connectivity index (χ0) is 25.1. The number of hydrogen-bond donors (Lipinski definition) is 2. The number of carbonyl (C=O) groups is 2. The molecule has 36 heavy (non-hydrogen) atoms. The van der Waals surface area contributed by atoms with Gasteiger partial charge in [0.1, 0.15) is 30.2 Å². The SMILES string of the molecule is Cc1onc(-c2ccccc2Cl)c1C(=O)Nc1nnc(SCC(=O)Nc2ccc3c(c2)OCCO3)s1. The number of nitrogens with one attached hydrogen (secondary N) is 2. The zero-order valence-corrected chi connectivity index (χ0v) is 21.1. The Balaban J connectivity index is 1.19. The standard InChI is InChI=1S/C23H18ClN5O5S2/c1-12-19(20(29-34-12)14-4-2-3-5-15(14)24)21(31)26-22-27-28-23(36-22)35-11-18(30)25-13-6-7-16-17(10-13)33-9-8-32-16/h2-7,10H,8-9,11H2,1H3,(H,25,30)(H,26,27,31). The van der Waals surface area contributed by atoms with E-state index >= 15 is 0 Å². The Morgan fingerprint density at radius 2 is 1.89 bits per heavy atom. The van der Waals surface area contributed by atoms with Crippen molar-refractivity contribution in [1.82, 2.24) is 15.4 Å². The largest absolute Gasteiger partial charge is 0.486 e. The number of aryl methyl sites for hydroxylation is 1. The lowest BCUT2D eigenvalue weighted by atomic mass is 10.1. The highest BCUT2D eigenvalue weighted by molar-refractivity contribution is 8.01. The molecule has 0 atom stereocenters. The van der Waals surface area contributed by atoms with Gasteiger partial charge in [-0.05, 0) is 25.1 Å². The average Bonchev–Trinajstić information content (AvgIpc) is 3.49. The third kappa shape index (κ3) is 5.30. The van der Waals surface area contributed by atoms with Gasteiger partial charge in [-0.2, -0.15) is 0 Å². The average molecular weight is 544 g/mol. The summed E-state index contributed by atoms with van der Waals surface area (Å²) in [7, 11) is 0. The molecular weight excluding hydrogens is 526 g/mol.